The normalized spacial score (nSPS) is 19.0. The summed E-state index contributed by atoms with van der Waals surface area (Å²) in [5, 5.41) is 3.07. The minimum Gasteiger partial charge on any atom is -0.310 e. The molecule has 0 aliphatic heterocycles. The first-order valence-electron chi connectivity index (χ1n) is 6.05. The zero-order chi connectivity index (χ0) is 13.2. The Bertz CT molecular complexity index is 414. The number of halogens is 4. The summed E-state index contributed by atoms with van der Waals surface area (Å²) in [5.41, 5.74) is 1.59. The van der Waals surface area contributed by atoms with Gasteiger partial charge in [0, 0.05) is 12.5 Å². The second kappa shape index (κ2) is 5.26. The Hall–Kier alpha value is -1.10. The highest BCUT2D eigenvalue weighted by Gasteiger charge is 2.27. The summed E-state index contributed by atoms with van der Waals surface area (Å²) >= 11 is 0. The summed E-state index contributed by atoms with van der Waals surface area (Å²) in [4.78, 5) is 0. The fourth-order valence-electron chi connectivity index (χ4n) is 2.39. The molecule has 0 spiro atoms. The number of hydrogen-bond acceptors (Lipinski definition) is 1. The first-order chi connectivity index (χ1) is 8.47. The van der Waals surface area contributed by atoms with Crippen LogP contribution >= 0.6 is 0 Å². The number of alkyl halides is 3. The van der Waals surface area contributed by atoms with E-state index in [2.05, 4.69) is 5.32 Å². The van der Waals surface area contributed by atoms with Crippen molar-refractivity contribution in [2.24, 2.45) is 0 Å². The first kappa shape index (κ1) is 13.3. The van der Waals surface area contributed by atoms with Crippen LogP contribution in [0.5, 0.6) is 0 Å². The van der Waals surface area contributed by atoms with Crippen LogP contribution in [0.15, 0.2) is 18.2 Å². The number of fused-ring (bicyclic) bond motifs is 1. The van der Waals surface area contributed by atoms with Crippen LogP contribution < -0.4 is 5.32 Å². The molecule has 1 unspecified atom stereocenters. The van der Waals surface area contributed by atoms with E-state index in [4.69, 9.17) is 0 Å². The van der Waals surface area contributed by atoms with Crippen molar-refractivity contribution in [3.8, 4) is 0 Å². The number of nitrogens with one attached hydrogen (secondary N) is 1. The lowest BCUT2D eigenvalue weighted by Gasteiger charge is -2.14. The van der Waals surface area contributed by atoms with Crippen LogP contribution in [-0.2, 0) is 6.42 Å². The third kappa shape index (κ3) is 3.22. The molecule has 0 bridgehead atoms. The third-order valence-electron chi connectivity index (χ3n) is 3.24. The second-order valence-electron chi connectivity index (χ2n) is 4.57. The van der Waals surface area contributed by atoms with Crippen molar-refractivity contribution >= 4 is 0 Å². The molecule has 1 aromatic carbocycles. The van der Waals surface area contributed by atoms with Gasteiger partial charge in [-0.2, -0.15) is 13.2 Å². The predicted molar refractivity (Wildman–Crippen MR) is 60.8 cm³/mol. The maximum absolute atomic E-state index is 13.4. The topological polar surface area (TPSA) is 12.0 Å². The third-order valence-corrected chi connectivity index (χ3v) is 3.24. The van der Waals surface area contributed by atoms with Crippen LogP contribution in [0, 0.1) is 5.82 Å². The van der Waals surface area contributed by atoms with Crippen LogP contribution in [0.1, 0.15) is 36.4 Å². The van der Waals surface area contributed by atoms with E-state index in [1.165, 1.54) is 6.07 Å². The molecule has 1 N–H and O–H groups in total. The Morgan fingerprint density at radius 3 is 2.78 bits per heavy atom. The molecule has 1 aliphatic rings. The van der Waals surface area contributed by atoms with Crippen LogP contribution in [-0.4, -0.2) is 12.7 Å². The van der Waals surface area contributed by atoms with Gasteiger partial charge in [-0.25, -0.2) is 4.39 Å². The fourth-order valence-corrected chi connectivity index (χ4v) is 2.39. The lowest BCUT2D eigenvalue weighted by molar-refractivity contribution is -0.135. The fraction of sp³-hybridized carbons (Fsp3) is 0.538. The van der Waals surface area contributed by atoms with Gasteiger partial charge in [0.05, 0.1) is 0 Å². The summed E-state index contributed by atoms with van der Waals surface area (Å²) in [6, 6.07) is 4.89. The van der Waals surface area contributed by atoms with Crippen LogP contribution in [0.3, 0.4) is 0 Å². The average molecular weight is 261 g/mol. The van der Waals surface area contributed by atoms with E-state index in [1.807, 2.05) is 6.07 Å². The average Bonchev–Trinajstić information content (AvgIpc) is 2.68. The van der Waals surface area contributed by atoms with Crippen molar-refractivity contribution < 1.29 is 17.6 Å². The SMILES string of the molecule is Fc1cccc2c1CCC2NCCCC(F)(F)F. The van der Waals surface area contributed by atoms with E-state index < -0.39 is 12.6 Å². The number of hydrogen-bond donors (Lipinski definition) is 1. The van der Waals surface area contributed by atoms with Crippen molar-refractivity contribution in [1.82, 2.24) is 5.32 Å². The minimum absolute atomic E-state index is 0.0102. The smallest absolute Gasteiger partial charge is 0.310 e. The van der Waals surface area contributed by atoms with Gasteiger partial charge in [0.2, 0.25) is 0 Å². The summed E-state index contributed by atoms with van der Waals surface area (Å²) in [5.74, 6) is -0.216. The Balaban J connectivity index is 1.85. The number of benzene rings is 1. The maximum Gasteiger partial charge on any atom is 0.389 e. The molecule has 1 nitrogen and oxygen atoms in total. The van der Waals surface area contributed by atoms with Crippen molar-refractivity contribution in [1.29, 1.82) is 0 Å². The van der Waals surface area contributed by atoms with Gasteiger partial charge >= 0.3 is 6.18 Å². The van der Waals surface area contributed by atoms with Gasteiger partial charge in [0.1, 0.15) is 5.82 Å². The lowest BCUT2D eigenvalue weighted by atomic mass is 10.1. The van der Waals surface area contributed by atoms with Crippen molar-refractivity contribution in [3.63, 3.8) is 0 Å². The minimum atomic E-state index is -4.10. The molecule has 0 fully saturated rings. The largest absolute Gasteiger partial charge is 0.389 e. The van der Waals surface area contributed by atoms with Crippen molar-refractivity contribution in [3.05, 3.63) is 35.1 Å². The summed E-state index contributed by atoms with van der Waals surface area (Å²) in [7, 11) is 0. The molecule has 100 valence electrons. The van der Waals surface area contributed by atoms with Gasteiger partial charge < -0.3 is 5.32 Å². The second-order valence-corrected chi connectivity index (χ2v) is 4.57. The molecule has 2 rings (SSSR count). The van der Waals surface area contributed by atoms with E-state index in [0.29, 0.717) is 18.5 Å². The Morgan fingerprint density at radius 1 is 1.28 bits per heavy atom. The van der Waals surface area contributed by atoms with Crippen molar-refractivity contribution in [2.45, 2.75) is 37.9 Å². The predicted octanol–water partition coefficient (Wildman–Crippen LogP) is 3.75. The summed E-state index contributed by atoms with van der Waals surface area (Å²) < 4.78 is 49.3. The van der Waals surface area contributed by atoms with Gasteiger partial charge in [-0.3, -0.25) is 0 Å². The first-order valence-corrected chi connectivity index (χ1v) is 6.05. The van der Waals surface area contributed by atoms with Gasteiger partial charge in [-0.05, 0) is 43.0 Å². The van der Waals surface area contributed by atoms with E-state index in [9.17, 15) is 17.6 Å². The Morgan fingerprint density at radius 2 is 2.06 bits per heavy atom. The van der Waals surface area contributed by atoms with Crippen LogP contribution in [0.4, 0.5) is 17.6 Å². The maximum atomic E-state index is 13.4. The summed E-state index contributed by atoms with van der Waals surface area (Å²) in [6.07, 6.45) is -3.41. The zero-order valence-electron chi connectivity index (χ0n) is 9.86. The Labute approximate surface area is 103 Å². The van der Waals surface area contributed by atoms with Gasteiger partial charge in [0.25, 0.3) is 0 Å². The quantitative estimate of drug-likeness (QED) is 0.643. The van der Waals surface area contributed by atoms with Crippen molar-refractivity contribution in [2.75, 3.05) is 6.54 Å². The monoisotopic (exact) mass is 261 g/mol. The highest BCUT2D eigenvalue weighted by atomic mass is 19.4. The van der Waals surface area contributed by atoms with E-state index >= 15 is 0 Å². The molecule has 0 radical (unpaired) electrons. The molecule has 18 heavy (non-hydrogen) atoms. The van der Waals surface area contributed by atoms with Gasteiger partial charge in [-0.1, -0.05) is 12.1 Å². The highest BCUT2D eigenvalue weighted by Crippen LogP contribution is 2.32. The Kier molecular flexibility index (Phi) is 3.90. The summed E-state index contributed by atoms with van der Waals surface area (Å²) in [6.45, 7) is 0.306. The highest BCUT2D eigenvalue weighted by molar-refractivity contribution is 5.35. The molecular weight excluding hydrogens is 246 g/mol. The molecule has 0 saturated carbocycles. The molecule has 5 heteroatoms. The molecule has 0 amide bonds. The molecule has 1 aromatic rings. The van der Waals surface area contributed by atoms with Crippen LogP contribution in [0.2, 0.25) is 0 Å². The molecular formula is C13H15F4N. The van der Waals surface area contributed by atoms with E-state index in [0.717, 1.165) is 12.0 Å². The van der Waals surface area contributed by atoms with Gasteiger partial charge in [-0.15, -0.1) is 0 Å². The molecule has 1 atom stereocenters. The molecule has 0 aromatic heterocycles. The zero-order valence-corrected chi connectivity index (χ0v) is 9.86. The van der Waals surface area contributed by atoms with E-state index in [1.54, 1.807) is 6.07 Å². The lowest BCUT2D eigenvalue weighted by Crippen LogP contribution is -2.22. The van der Waals surface area contributed by atoms with Gasteiger partial charge in [0.15, 0.2) is 0 Å². The molecule has 0 heterocycles. The number of rotatable bonds is 4. The van der Waals surface area contributed by atoms with E-state index in [-0.39, 0.29) is 18.3 Å². The standard InChI is InChI=1S/C13H15F4N/c14-11-4-1-3-10-9(11)5-6-12(10)18-8-2-7-13(15,16)17/h1,3-4,12,18H,2,5-8H2. The molecule has 1 aliphatic carbocycles. The molecule has 0 saturated heterocycles. The van der Waals surface area contributed by atoms with Crippen LogP contribution in [0.25, 0.3) is 0 Å².